The predicted octanol–water partition coefficient (Wildman–Crippen LogP) is 1.50. The highest BCUT2D eigenvalue weighted by atomic mass is 16.5. The Bertz CT molecular complexity index is 329. The quantitative estimate of drug-likeness (QED) is 0.819. The average Bonchev–Trinajstić information content (AvgIpc) is 2.78. The largest absolute Gasteiger partial charge is 0.381 e. The number of aromatic nitrogens is 2. The second kappa shape index (κ2) is 5.82. The van der Waals surface area contributed by atoms with E-state index < -0.39 is 0 Å². The van der Waals surface area contributed by atoms with E-state index in [1.54, 1.807) is 10.9 Å². The van der Waals surface area contributed by atoms with Crippen molar-refractivity contribution in [1.29, 1.82) is 0 Å². The first-order valence-corrected chi connectivity index (χ1v) is 5.82. The number of hydrogen-bond donors (Lipinski definition) is 1. The summed E-state index contributed by atoms with van der Waals surface area (Å²) in [7, 11) is 0. The number of nitrogens with zero attached hydrogens (tertiary/aromatic N) is 2. The first-order chi connectivity index (χ1) is 7.88. The van der Waals surface area contributed by atoms with Crippen LogP contribution < -0.4 is 5.32 Å². The fraction of sp³-hybridized carbons (Fsp3) is 0.583. The van der Waals surface area contributed by atoms with Crippen LogP contribution in [0.1, 0.15) is 18.4 Å². The van der Waals surface area contributed by atoms with Crippen LogP contribution in [-0.4, -0.2) is 29.5 Å². The molecule has 1 aromatic rings. The summed E-state index contributed by atoms with van der Waals surface area (Å²) in [6, 6.07) is 0. The molecular weight excluding hydrogens is 202 g/mol. The van der Waals surface area contributed by atoms with E-state index >= 15 is 0 Å². The minimum absolute atomic E-state index is 0.670. The summed E-state index contributed by atoms with van der Waals surface area (Å²) in [4.78, 5) is 0. The fourth-order valence-electron chi connectivity index (χ4n) is 1.96. The van der Waals surface area contributed by atoms with Crippen LogP contribution in [0, 0.1) is 5.92 Å². The maximum absolute atomic E-state index is 5.44. The van der Waals surface area contributed by atoms with E-state index in [-0.39, 0.29) is 0 Å². The second-order valence-corrected chi connectivity index (χ2v) is 4.23. The molecular formula is C12H19N3O. The van der Waals surface area contributed by atoms with Gasteiger partial charge < -0.3 is 10.1 Å². The Labute approximate surface area is 96.3 Å². The van der Waals surface area contributed by atoms with Gasteiger partial charge in [0, 0.05) is 37.7 Å². The number of ether oxygens (including phenoxy) is 1. The predicted molar refractivity (Wildman–Crippen MR) is 63.9 cm³/mol. The molecule has 0 aromatic carbocycles. The van der Waals surface area contributed by atoms with Crippen molar-refractivity contribution < 1.29 is 4.74 Å². The second-order valence-electron chi connectivity index (χ2n) is 4.23. The third kappa shape index (κ3) is 3.18. The molecule has 0 saturated carbocycles. The van der Waals surface area contributed by atoms with Crippen molar-refractivity contribution in [3.05, 3.63) is 24.5 Å². The monoisotopic (exact) mass is 221 g/mol. The molecule has 1 aliphatic rings. The maximum Gasteiger partial charge on any atom is 0.0538 e. The average molecular weight is 221 g/mol. The highest BCUT2D eigenvalue weighted by Crippen LogP contribution is 2.12. The van der Waals surface area contributed by atoms with E-state index in [4.69, 9.17) is 4.74 Å². The van der Waals surface area contributed by atoms with Gasteiger partial charge in [0.1, 0.15) is 0 Å². The molecule has 0 radical (unpaired) electrons. The van der Waals surface area contributed by atoms with E-state index in [1.165, 1.54) is 18.4 Å². The number of rotatable bonds is 5. The molecule has 2 heterocycles. The lowest BCUT2D eigenvalue weighted by atomic mass is 10.0. The SMILES string of the molecule is C=Cn1cc(CNCC2CCCOC2)cn1. The highest BCUT2D eigenvalue weighted by Gasteiger charge is 2.12. The molecule has 0 amide bonds. The van der Waals surface area contributed by atoms with Gasteiger partial charge in [-0.2, -0.15) is 5.10 Å². The molecule has 2 rings (SSSR count). The van der Waals surface area contributed by atoms with Crippen LogP contribution in [0.3, 0.4) is 0 Å². The van der Waals surface area contributed by atoms with E-state index in [0.29, 0.717) is 5.92 Å². The molecule has 4 heteroatoms. The van der Waals surface area contributed by atoms with Crippen LogP contribution in [0.25, 0.3) is 6.20 Å². The van der Waals surface area contributed by atoms with Gasteiger partial charge in [-0.05, 0) is 18.8 Å². The number of hydrogen-bond acceptors (Lipinski definition) is 3. The molecule has 0 bridgehead atoms. The summed E-state index contributed by atoms with van der Waals surface area (Å²) in [5.41, 5.74) is 1.19. The number of nitrogens with one attached hydrogen (secondary N) is 1. The maximum atomic E-state index is 5.44. The Balaban J connectivity index is 1.68. The lowest BCUT2D eigenvalue weighted by molar-refractivity contribution is 0.0547. The van der Waals surface area contributed by atoms with Crippen molar-refractivity contribution >= 4 is 6.20 Å². The molecule has 0 spiro atoms. The van der Waals surface area contributed by atoms with Crippen LogP contribution in [0.2, 0.25) is 0 Å². The zero-order valence-corrected chi connectivity index (χ0v) is 9.56. The van der Waals surface area contributed by atoms with E-state index in [9.17, 15) is 0 Å². The topological polar surface area (TPSA) is 39.1 Å². The van der Waals surface area contributed by atoms with E-state index in [0.717, 1.165) is 26.3 Å². The van der Waals surface area contributed by atoms with Crippen LogP contribution in [0.5, 0.6) is 0 Å². The molecule has 1 unspecified atom stereocenters. The van der Waals surface area contributed by atoms with Crippen LogP contribution in [-0.2, 0) is 11.3 Å². The normalized spacial score (nSPS) is 20.9. The van der Waals surface area contributed by atoms with Crippen molar-refractivity contribution in [2.75, 3.05) is 19.8 Å². The molecule has 1 atom stereocenters. The summed E-state index contributed by atoms with van der Waals surface area (Å²) in [5.74, 6) is 0.670. The van der Waals surface area contributed by atoms with Crippen molar-refractivity contribution in [3.8, 4) is 0 Å². The summed E-state index contributed by atoms with van der Waals surface area (Å²) >= 11 is 0. The Morgan fingerprint density at radius 3 is 3.31 bits per heavy atom. The zero-order valence-electron chi connectivity index (χ0n) is 9.56. The van der Waals surface area contributed by atoms with Crippen molar-refractivity contribution in [2.24, 2.45) is 5.92 Å². The minimum atomic E-state index is 0.670. The Morgan fingerprint density at radius 1 is 1.69 bits per heavy atom. The lowest BCUT2D eigenvalue weighted by Gasteiger charge is -2.22. The molecule has 16 heavy (non-hydrogen) atoms. The zero-order chi connectivity index (χ0) is 11.2. The molecule has 1 saturated heterocycles. The summed E-state index contributed by atoms with van der Waals surface area (Å²) < 4.78 is 7.16. The Morgan fingerprint density at radius 2 is 2.62 bits per heavy atom. The van der Waals surface area contributed by atoms with Gasteiger partial charge in [-0.3, -0.25) is 0 Å². The molecule has 1 N–H and O–H groups in total. The van der Waals surface area contributed by atoms with Gasteiger partial charge in [-0.25, -0.2) is 4.68 Å². The summed E-state index contributed by atoms with van der Waals surface area (Å²) in [5, 5.41) is 7.58. The minimum Gasteiger partial charge on any atom is -0.381 e. The van der Waals surface area contributed by atoms with Gasteiger partial charge in [0.2, 0.25) is 0 Å². The smallest absolute Gasteiger partial charge is 0.0538 e. The molecule has 0 aliphatic carbocycles. The van der Waals surface area contributed by atoms with Crippen molar-refractivity contribution in [2.45, 2.75) is 19.4 Å². The van der Waals surface area contributed by atoms with Crippen molar-refractivity contribution in [1.82, 2.24) is 15.1 Å². The third-order valence-corrected chi connectivity index (χ3v) is 2.86. The van der Waals surface area contributed by atoms with Crippen LogP contribution in [0.15, 0.2) is 19.0 Å². The Kier molecular flexibility index (Phi) is 4.13. The fourth-order valence-corrected chi connectivity index (χ4v) is 1.96. The highest BCUT2D eigenvalue weighted by molar-refractivity contribution is 5.17. The van der Waals surface area contributed by atoms with Gasteiger partial charge in [0.05, 0.1) is 12.8 Å². The van der Waals surface area contributed by atoms with Gasteiger partial charge in [-0.1, -0.05) is 6.58 Å². The van der Waals surface area contributed by atoms with Crippen LogP contribution >= 0.6 is 0 Å². The van der Waals surface area contributed by atoms with Gasteiger partial charge in [-0.15, -0.1) is 0 Å². The summed E-state index contributed by atoms with van der Waals surface area (Å²) in [6.45, 7) is 7.39. The lowest BCUT2D eigenvalue weighted by Crippen LogP contribution is -2.28. The van der Waals surface area contributed by atoms with Crippen LogP contribution in [0.4, 0.5) is 0 Å². The van der Waals surface area contributed by atoms with E-state index in [1.807, 2.05) is 12.4 Å². The van der Waals surface area contributed by atoms with Crippen molar-refractivity contribution in [3.63, 3.8) is 0 Å². The molecule has 1 aliphatic heterocycles. The third-order valence-electron chi connectivity index (χ3n) is 2.86. The first-order valence-electron chi connectivity index (χ1n) is 5.82. The summed E-state index contributed by atoms with van der Waals surface area (Å²) in [6.07, 6.45) is 8.02. The molecule has 1 fully saturated rings. The van der Waals surface area contributed by atoms with Gasteiger partial charge in [0.25, 0.3) is 0 Å². The standard InChI is InChI=1S/C12H19N3O/c1-2-15-9-12(8-14-15)7-13-6-11-4-3-5-16-10-11/h2,8-9,11,13H,1,3-7,10H2. The Hall–Kier alpha value is -1.13. The van der Waals surface area contributed by atoms with E-state index in [2.05, 4.69) is 17.0 Å². The molecule has 4 nitrogen and oxygen atoms in total. The molecule has 88 valence electrons. The first kappa shape index (κ1) is 11.4. The van der Waals surface area contributed by atoms with Gasteiger partial charge in [0.15, 0.2) is 0 Å². The van der Waals surface area contributed by atoms with Gasteiger partial charge >= 0.3 is 0 Å². The molecule has 1 aromatic heterocycles.